The van der Waals surface area contributed by atoms with Gasteiger partial charge in [-0.3, -0.25) is 0 Å². The van der Waals surface area contributed by atoms with Crippen LogP contribution in [0.4, 0.5) is 0 Å². The van der Waals surface area contributed by atoms with Crippen LogP contribution in [0.25, 0.3) is 10.1 Å². The first-order chi connectivity index (χ1) is 6.74. The number of aryl methyl sites for hydroxylation is 1. The summed E-state index contributed by atoms with van der Waals surface area (Å²) >= 11 is 3.31. The minimum absolute atomic E-state index is 0.793. The van der Waals surface area contributed by atoms with E-state index in [0.29, 0.717) is 0 Å². The Morgan fingerprint density at radius 2 is 2.14 bits per heavy atom. The normalized spacial score (nSPS) is 10.4. The summed E-state index contributed by atoms with van der Waals surface area (Å²) in [5.74, 6) is 0. The van der Waals surface area contributed by atoms with Crippen molar-refractivity contribution in [3.8, 4) is 6.07 Å². The minimum atomic E-state index is 0.793. The smallest absolute Gasteiger partial charge is 0.110 e. The van der Waals surface area contributed by atoms with Gasteiger partial charge in [0.25, 0.3) is 0 Å². The van der Waals surface area contributed by atoms with Gasteiger partial charge < -0.3 is 0 Å². The van der Waals surface area contributed by atoms with E-state index in [4.69, 9.17) is 5.26 Å². The summed E-state index contributed by atoms with van der Waals surface area (Å²) in [7, 11) is 0. The van der Waals surface area contributed by atoms with Crippen molar-refractivity contribution in [3.05, 3.63) is 28.6 Å². The molecule has 1 nitrogen and oxygen atoms in total. The second-order valence-electron chi connectivity index (χ2n) is 3.09. The van der Waals surface area contributed by atoms with Gasteiger partial charge >= 0.3 is 0 Å². The summed E-state index contributed by atoms with van der Waals surface area (Å²) in [6, 6.07) is 8.47. The van der Waals surface area contributed by atoms with Crippen LogP contribution in [-0.2, 0) is 0 Å². The number of rotatable bonds is 1. The lowest BCUT2D eigenvalue weighted by Crippen LogP contribution is -1.74. The molecule has 1 heterocycles. The van der Waals surface area contributed by atoms with E-state index in [1.807, 2.05) is 6.07 Å². The molecule has 0 radical (unpaired) electrons. The monoisotopic (exact) mass is 219 g/mol. The topological polar surface area (TPSA) is 23.8 Å². The molecule has 0 bridgehead atoms. The lowest BCUT2D eigenvalue weighted by atomic mass is 10.2. The van der Waals surface area contributed by atoms with Crippen molar-refractivity contribution in [1.29, 1.82) is 5.26 Å². The van der Waals surface area contributed by atoms with Crippen LogP contribution in [0.5, 0.6) is 0 Å². The van der Waals surface area contributed by atoms with Crippen LogP contribution in [0.1, 0.15) is 10.4 Å². The molecular formula is C11H9NS2. The van der Waals surface area contributed by atoms with Crippen LogP contribution in [0.2, 0.25) is 0 Å². The number of thiophene rings is 1. The van der Waals surface area contributed by atoms with Crippen molar-refractivity contribution in [3.63, 3.8) is 0 Å². The molecule has 0 fully saturated rings. The molecule has 0 N–H and O–H groups in total. The molecule has 0 aliphatic carbocycles. The predicted molar refractivity (Wildman–Crippen MR) is 63.1 cm³/mol. The van der Waals surface area contributed by atoms with Gasteiger partial charge in [0.1, 0.15) is 10.9 Å². The van der Waals surface area contributed by atoms with E-state index in [9.17, 15) is 0 Å². The first-order valence-corrected chi connectivity index (χ1v) is 6.27. The van der Waals surface area contributed by atoms with Crippen LogP contribution in [0.3, 0.4) is 0 Å². The van der Waals surface area contributed by atoms with Gasteiger partial charge in [-0.1, -0.05) is 0 Å². The molecule has 2 aromatic rings. The number of hydrogen-bond acceptors (Lipinski definition) is 3. The van der Waals surface area contributed by atoms with Gasteiger partial charge in [-0.15, -0.1) is 23.1 Å². The average Bonchev–Trinajstić information content (AvgIpc) is 2.61. The molecule has 0 aliphatic rings. The summed E-state index contributed by atoms with van der Waals surface area (Å²) in [6.07, 6.45) is 2.07. The summed E-state index contributed by atoms with van der Waals surface area (Å²) in [4.78, 5) is 2.05. The summed E-state index contributed by atoms with van der Waals surface area (Å²) in [5.41, 5.74) is 1.26. The Morgan fingerprint density at radius 1 is 1.36 bits per heavy atom. The zero-order chi connectivity index (χ0) is 10.1. The van der Waals surface area contributed by atoms with Gasteiger partial charge in [0, 0.05) is 9.60 Å². The van der Waals surface area contributed by atoms with Crippen molar-refractivity contribution in [2.45, 2.75) is 11.8 Å². The van der Waals surface area contributed by atoms with E-state index in [1.165, 1.54) is 20.5 Å². The van der Waals surface area contributed by atoms with E-state index in [0.717, 1.165) is 4.88 Å². The summed E-state index contributed by atoms with van der Waals surface area (Å²) in [6.45, 7) is 2.10. The second-order valence-corrected chi connectivity index (χ2v) is 5.02. The van der Waals surface area contributed by atoms with E-state index in [2.05, 4.69) is 31.4 Å². The number of benzene rings is 1. The molecule has 0 spiro atoms. The maximum atomic E-state index is 8.81. The molecule has 3 heteroatoms. The highest BCUT2D eigenvalue weighted by Crippen LogP contribution is 2.31. The van der Waals surface area contributed by atoms with Gasteiger partial charge in [0.05, 0.1) is 0 Å². The van der Waals surface area contributed by atoms with E-state index < -0.39 is 0 Å². The predicted octanol–water partition coefficient (Wildman–Crippen LogP) is 3.80. The number of nitrogens with zero attached hydrogens (tertiary/aromatic N) is 1. The number of thioether (sulfide) groups is 1. The Labute approximate surface area is 91.4 Å². The third-order valence-corrected chi connectivity index (χ3v) is 4.02. The Kier molecular flexibility index (Phi) is 2.49. The number of hydrogen-bond donors (Lipinski definition) is 0. The molecule has 0 aliphatic heterocycles. The molecule has 70 valence electrons. The van der Waals surface area contributed by atoms with Gasteiger partial charge in [-0.05, 0) is 42.3 Å². The lowest BCUT2D eigenvalue weighted by Gasteiger charge is -1.99. The van der Waals surface area contributed by atoms with Gasteiger partial charge in [0.15, 0.2) is 0 Å². The van der Waals surface area contributed by atoms with Crippen LogP contribution in [0.15, 0.2) is 23.1 Å². The van der Waals surface area contributed by atoms with E-state index in [1.54, 1.807) is 23.1 Å². The molecule has 0 saturated carbocycles. The van der Waals surface area contributed by atoms with Crippen LogP contribution < -0.4 is 0 Å². The highest BCUT2D eigenvalue weighted by molar-refractivity contribution is 7.98. The van der Waals surface area contributed by atoms with Crippen molar-refractivity contribution in [2.24, 2.45) is 0 Å². The molecule has 0 unspecified atom stereocenters. The van der Waals surface area contributed by atoms with Crippen molar-refractivity contribution in [2.75, 3.05) is 6.26 Å². The fourth-order valence-electron chi connectivity index (χ4n) is 1.47. The minimum Gasteiger partial charge on any atom is -0.192 e. The third-order valence-electron chi connectivity index (χ3n) is 2.12. The van der Waals surface area contributed by atoms with Crippen LogP contribution >= 0.6 is 23.1 Å². The summed E-state index contributed by atoms with van der Waals surface area (Å²) < 4.78 is 1.24. The maximum Gasteiger partial charge on any atom is 0.110 e. The van der Waals surface area contributed by atoms with Crippen LogP contribution in [0, 0.1) is 18.3 Å². The number of nitriles is 1. The first-order valence-electron chi connectivity index (χ1n) is 4.23. The van der Waals surface area contributed by atoms with E-state index in [-0.39, 0.29) is 0 Å². The molecule has 0 atom stereocenters. The zero-order valence-electron chi connectivity index (χ0n) is 8.00. The first kappa shape index (κ1) is 9.57. The molecular weight excluding hydrogens is 210 g/mol. The largest absolute Gasteiger partial charge is 0.192 e. The molecule has 1 aromatic heterocycles. The lowest BCUT2D eigenvalue weighted by molar-refractivity contribution is 1.43. The van der Waals surface area contributed by atoms with Gasteiger partial charge in [0.2, 0.25) is 0 Å². The second kappa shape index (κ2) is 3.64. The van der Waals surface area contributed by atoms with Gasteiger partial charge in [-0.2, -0.15) is 5.26 Å². The SMILES string of the molecule is CSc1cc(C)c2sc(C#N)cc2c1. The highest BCUT2D eigenvalue weighted by atomic mass is 32.2. The molecule has 0 amide bonds. The van der Waals surface area contributed by atoms with Crippen molar-refractivity contribution in [1.82, 2.24) is 0 Å². The molecule has 14 heavy (non-hydrogen) atoms. The summed E-state index contributed by atoms with van der Waals surface area (Å²) in [5, 5.41) is 10.0. The standard InChI is InChI=1S/C11H9NS2/c1-7-3-9(13-2)4-8-5-10(6-12)14-11(7)8/h3-5H,1-2H3. The fraction of sp³-hybridized carbons (Fsp3) is 0.182. The van der Waals surface area contributed by atoms with Gasteiger partial charge in [-0.25, -0.2) is 0 Å². The Hall–Kier alpha value is -0.980. The van der Waals surface area contributed by atoms with Crippen molar-refractivity contribution < 1.29 is 0 Å². The highest BCUT2D eigenvalue weighted by Gasteiger charge is 2.05. The Balaban J connectivity index is 2.75. The Bertz CT molecular complexity index is 520. The van der Waals surface area contributed by atoms with Crippen molar-refractivity contribution >= 4 is 33.2 Å². The molecule has 2 rings (SSSR count). The Morgan fingerprint density at radius 3 is 2.79 bits per heavy atom. The van der Waals surface area contributed by atoms with E-state index >= 15 is 0 Å². The van der Waals surface area contributed by atoms with Crippen LogP contribution in [-0.4, -0.2) is 6.26 Å². The quantitative estimate of drug-likeness (QED) is 0.681. The third kappa shape index (κ3) is 1.52. The fourth-order valence-corrected chi connectivity index (χ4v) is 2.91. The zero-order valence-corrected chi connectivity index (χ0v) is 9.63. The molecule has 0 saturated heterocycles. The number of fused-ring (bicyclic) bond motifs is 1. The molecule has 1 aromatic carbocycles. The average molecular weight is 219 g/mol. The maximum absolute atomic E-state index is 8.81.